The van der Waals surface area contributed by atoms with E-state index in [1.54, 1.807) is 19.4 Å². The largest absolute Gasteiger partial charge is 0.496 e. The van der Waals surface area contributed by atoms with E-state index in [1.165, 1.54) is 0 Å². The minimum atomic E-state index is -0.167. The van der Waals surface area contributed by atoms with Crippen molar-refractivity contribution in [2.75, 3.05) is 7.11 Å². The zero-order chi connectivity index (χ0) is 15.4. The topological polar surface area (TPSA) is 60.2 Å². The van der Waals surface area contributed by atoms with Gasteiger partial charge in [0.1, 0.15) is 5.75 Å². The second-order valence-electron chi connectivity index (χ2n) is 4.40. The van der Waals surface area contributed by atoms with Gasteiger partial charge in [-0.15, -0.1) is 0 Å². The molecule has 0 saturated carbocycles. The third-order valence-corrected chi connectivity index (χ3v) is 4.34. The van der Waals surface area contributed by atoms with Crippen LogP contribution in [0.2, 0.25) is 5.02 Å². The Labute approximate surface area is 145 Å². The number of nitrogens with zero attached hydrogens (tertiary/aromatic N) is 1. The third kappa shape index (κ3) is 4.17. The summed E-state index contributed by atoms with van der Waals surface area (Å²) in [5, 5.41) is 0.657. The number of aromatic nitrogens is 1. The minimum Gasteiger partial charge on any atom is -0.496 e. The van der Waals surface area contributed by atoms with Gasteiger partial charge in [0.15, 0.2) is 0 Å². The lowest BCUT2D eigenvalue weighted by Crippen LogP contribution is -2.30. The predicted molar refractivity (Wildman–Crippen MR) is 91.4 cm³/mol. The van der Waals surface area contributed by atoms with E-state index in [0.29, 0.717) is 11.4 Å². The first-order chi connectivity index (χ1) is 10.0. The zero-order valence-electron chi connectivity index (χ0n) is 11.2. The predicted octanol–water partition coefficient (Wildman–Crippen LogP) is 4.02. The van der Waals surface area contributed by atoms with Crippen LogP contribution in [0.5, 0.6) is 5.75 Å². The van der Waals surface area contributed by atoms with Crippen LogP contribution in [0.25, 0.3) is 0 Å². The van der Waals surface area contributed by atoms with Crippen molar-refractivity contribution < 1.29 is 4.74 Å². The molecule has 2 rings (SSSR count). The van der Waals surface area contributed by atoms with E-state index in [0.717, 1.165) is 26.0 Å². The summed E-state index contributed by atoms with van der Waals surface area (Å²) in [6, 6.07) is 7.27. The standard InChI is InChI=1S/C14H14Br2ClN3O/c1-21-13-3-2-10(17)4-8(13)5-12(20-18)14-11(16)6-9(15)7-19-14/h2-4,6-7,12,20H,5,18H2,1H3. The summed E-state index contributed by atoms with van der Waals surface area (Å²) in [7, 11) is 1.63. The van der Waals surface area contributed by atoms with Crippen molar-refractivity contribution in [3.8, 4) is 5.75 Å². The first-order valence-electron chi connectivity index (χ1n) is 6.14. The monoisotopic (exact) mass is 433 g/mol. The fourth-order valence-corrected chi connectivity index (χ4v) is 3.50. The number of ether oxygens (including phenoxy) is 1. The Bertz CT molecular complexity index is 640. The number of hydrogen-bond donors (Lipinski definition) is 2. The SMILES string of the molecule is COc1ccc(Cl)cc1CC(NN)c1ncc(Br)cc1Br. The van der Waals surface area contributed by atoms with Crippen LogP contribution in [-0.2, 0) is 6.42 Å². The minimum absolute atomic E-state index is 0.167. The molecule has 0 saturated heterocycles. The summed E-state index contributed by atoms with van der Waals surface area (Å²) < 4.78 is 7.14. The molecule has 3 N–H and O–H groups in total. The van der Waals surface area contributed by atoms with Gasteiger partial charge < -0.3 is 4.74 Å². The highest BCUT2D eigenvalue weighted by Gasteiger charge is 2.18. The molecule has 0 amide bonds. The van der Waals surface area contributed by atoms with E-state index < -0.39 is 0 Å². The molecule has 0 radical (unpaired) electrons. The van der Waals surface area contributed by atoms with Crippen molar-refractivity contribution in [3.05, 3.63) is 55.7 Å². The summed E-state index contributed by atoms with van der Waals surface area (Å²) in [5.74, 6) is 6.46. The lowest BCUT2D eigenvalue weighted by molar-refractivity contribution is 0.405. The van der Waals surface area contributed by atoms with Gasteiger partial charge in [-0.25, -0.2) is 0 Å². The summed E-state index contributed by atoms with van der Waals surface area (Å²) in [6.07, 6.45) is 2.34. The quantitative estimate of drug-likeness (QED) is 0.550. The number of methoxy groups -OCH3 is 1. The van der Waals surface area contributed by atoms with Crippen molar-refractivity contribution in [2.45, 2.75) is 12.5 Å². The molecule has 0 spiro atoms. The van der Waals surface area contributed by atoms with Crippen molar-refractivity contribution in [2.24, 2.45) is 5.84 Å². The molecule has 112 valence electrons. The average molecular weight is 436 g/mol. The first-order valence-corrected chi connectivity index (χ1v) is 8.11. The summed E-state index contributed by atoms with van der Waals surface area (Å²) in [4.78, 5) is 4.41. The molecule has 1 aromatic heterocycles. The second-order valence-corrected chi connectivity index (χ2v) is 6.61. The molecule has 7 heteroatoms. The number of nitrogens with one attached hydrogen (secondary N) is 1. The fourth-order valence-electron chi connectivity index (χ4n) is 2.04. The van der Waals surface area contributed by atoms with Gasteiger partial charge in [-0.1, -0.05) is 11.6 Å². The van der Waals surface area contributed by atoms with E-state index in [1.807, 2.05) is 18.2 Å². The molecule has 0 bridgehead atoms. The van der Waals surface area contributed by atoms with E-state index >= 15 is 0 Å². The fraction of sp³-hybridized carbons (Fsp3) is 0.214. The molecule has 0 aliphatic heterocycles. The number of halogens is 3. The zero-order valence-corrected chi connectivity index (χ0v) is 15.2. The Hall–Kier alpha value is -0.660. The van der Waals surface area contributed by atoms with Crippen LogP contribution in [0.15, 0.2) is 39.4 Å². The Morgan fingerprint density at radius 2 is 2.14 bits per heavy atom. The molecule has 1 atom stereocenters. The molecule has 0 aliphatic carbocycles. The summed E-state index contributed by atoms with van der Waals surface area (Å²) in [6.45, 7) is 0. The Balaban J connectivity index is 2.33. The van der Waals surface area contributed by atoms with Gasteiger partial charge in [-0.2, -0.15) is 0 Å². The van der Waals surface area contributed by atoms with Crippen LogP contribution in [0, 0.1) is 0 Å². The number of pyridine rings is 1. The van der Waals surface area contributed by atoms with Crippen LogP contribution in [0.3, 0.4) is 0 Å². The van der Waals surface area contributed by atoms with Gasteiger partial charge in [0, 0.05) is 20.2 Å². The Morgan fingerprint density at radius 1 is 1.38 bits per heavy atom. The molecule has 0 aliphatic rings. The van der Waals surface area contributed by atoms with Gasteiger partial charge >= 0.3 is 0 Å². The van der Waals surface area contributed by atoms with Crippen LogP contribution in [0.1, 0.15) is 17.3 Å². The second kappa shape index (κ2) is 7.56. The van der Waals surface area contributed by atoms with Crippen LogP contribution >= 0.6 is 43.5 Å². The molecular formula is C14H14Br2ClN3O. The van der Waals surface area contributed by atoms with Crippen LogP contribution in [-0.4, -0.2) is 12.1 Å². The van der Waals surface area contributed by atoms with E-state index in [-0.39, 0.29) is 6.04 Å². The van der Waals surface area contributed by atoms with Crippen molar-refractivity contribution in [1.82, 2.24) is 10.4 Å². The molecule has 4 nitrogen and oxygen atoms in total. The molecule has 0 fully saturated rings. The number of hydrogen-bond acceptors (Lipinski definition) is 4. The van der Waals surface area contributed by atoms with Gasteiger partial charge in [-0.05, 0) is 68.1 Å². The van der Waals surface area contributed by atoms with Gasteiger partial charge in [-0.3, -0.25) is 16.3 Å². The average Bonchev–Trinajstić information content (AvgIpc) is 2.45. The molecule has 1 aromatic carbocycles. The summed E-state index contributed by atoms with van der Waals surface area (Å²) >= 11 is 13.0. The molecule has 2 aromatic rings. The van der Waals surface area contributed by atoms with E-state index in [9.17, 15) is 0 Å². The highest BCUT2D eigenvalue weighted by molar-refractivity contribution is 9.11. The van der Waals surface area contributed by atoms with Crippen LogP contribution < -0.4 is 16.0 Å². The molecular weight excluding hydrogens is 421 g/mol. The van der Waals surface area contributed by atoms with E-state index in [4.69, 9.17) is 22.2 Å². The van der Waals surface area contributed by atoms with Gasteiger partial charge in [0.05, 0.1) is 18.8 Å². The van der Waals surface area contributed by atoms with Crippen molar-refractivity contribution in [1.29, 1.82) is 0 Å². The lowest BCUT2D eigenvalue weighted by atomic mass is 10.0. The molecule has 1 unspecified atom stereocenters. The third-order valence-electron chi connectivity index (χ3n) is 3.03. The first kappa shape index (κ1) is 16.7. The van der Waals surface area contributed by atoms with Gasteiger partial charge in [0.25, 0.3) is 0 Å². The smallest absolute Gasteiger partial charge is 0.122 e. The number of rotatable bonds is 5. The Morgan fingerprint density at radius 3 is 2.76 bits per heavy atom. The highest BCUT2D eigenvalue weighted by Crippen LogP contribution is 2.30. The lowest BCUT2D eigenvalue weighted by Gasteiger charge is -2.18. The number of benzene rings is 1. The summed E-state index contributed by atoms with van der Waals surface area (Å²) in [5.41, 5.74) is 4.58. The van der Waals surface area contributed by atoms with Crippen molar-refractivity contribution in [3.63, 3.8) is 0 Å². The molecule has 21 heavy (non-hydrogen) atoms. The maximum absolute atomic E-state index is 6.06. The van der Waals surface area contributed by atoms with E-state index in [2.05, 4.69) is 42.3 Å². The maximum atomic E-state index is 6.06. The highest BCUT2D eigenvalue weighted by atomic mass is 79.9. The Kier molecular flexibility index (Phi) is 6.01. The van der Waals surface area contributed by atoms with Crippen molar-refractivity contribution >= 4 is 43.5 Å². The number of hydrazine groups is 1. The van der Waals surface area contributed by atoms with Gasteiger partial charge in [0.2, 0.25) is 0 Å². The normalized spacial score (nSPS) is 12.2. The molecule has 1 heterocycles. The van der Waals surface area contributed by atoms with Crippen LogP contribution in [0.4, 0.5) is 0 Å². The maximum Gasteiger partial charge on any atom is 0.122 e. The number of nitrogens with two attached hydrogens (primary N) is 1.